The molecule has 1 N–H and O–H groups in total. The SMILES string of the molecule is COc1ccc(NC(=O)CSC2=Nc3ccc(Cl)cc3C2)cc1Cl. The largest absolute Gasteiger partial charge is 0.495 e. The summed E-state index contributed by atoms with van der Waals surface area (Å²) in [6.45, 7) is 0. The summed E-state index contributed by atoms with van der Waals surface area (Å²) in [5.74, 6) is 0.739. The molecule has 1 aliphatic rings. The lowest BCUT2D eigenvalue weighted by atomic mass is 10.2. The highest BCUT2D eigenvalue weighted by Crippen LogP contribution is 2.32. The van der Waals surface area contributed by atoms with Crippen LogP contribution < -0.4 is 10.1 Å². The molecule has 0 atom stereocenters. The third-order valence-electron chi connectivity index (χ3n) is 3.43. The number of aliphatic imine (C=N–C) groups is 1. The topological polar surface area (TPSA) is 50.7 Å². The van der Waals surface area contributed by atoms with E-state index in [1.165, 1.54) is 11.8 Å². The van der Waals surface area contributed by atoms with Crippen LogP contribution >= 0.6 is 35.0 Å². The molecule has 1 amide bonds. The number of methoxy groups -OCH3 is 1. The quantitative estimate of drug-likeness (QED) is 0.815. The third kappa shape index (κ3) is 4.04. The summed E-state index contributed by atoms with van der Waals surface area (Å²) in [5.41, 5.74) is 2.64. The predicted molar refractivity (Wildman–Crippen MR) is 101 cm³/mol. The van der Waals surface area contributed by atoms with Gasteiger partial charge in [-0.15, -0.1) is 11.8 Å². The Morgan fingerprint density at radius 1 is 1.29 bits per heavy atom. The number of fused-ring (bicyclic) bond motifs is 1. The first-order chi connectivity index (χ1) is 11.5. The molecular weight excluding hydrogens is 367 g/mol. The monoisotopic (exact) mass is 380 g/mol. The van der Waals surface area contributed by atoms with E-state index < -0.39 is 0 Å². The maximum atomic E-state index is 12.1. The average molecular weight is 381 g/mol. The minimum Gasteiger partial charge on any atom is -0.495 e. The molecule has 24 heavy (non-hydrogen) atoms. The van der Waals surface area contributed by atoms with E-state index in [-0.39, 0.29) is 11.7 Å². The van der Waals surface area contributed by atoms with E-state index in [1.807, 2.05) is 18.2 Å². The fourth-order valence-corrected chi connectivity index (χ4v) is 3.56. The van der Waals surface area contributed by atoms with Gasteiger partial charge in [0.25, 0.3) is 0 Å². The first-order valence-corrected chi connectivity index (χ1v) is 8.91. The Kier molecular flexibility index (Phi) is 5.33. The van der Waals surface area contributed by atoms with Crippen LogP contribution in [0.5, 0.6) is 5.75 Å². The number of rotatable bonds is 4. The molecule has 0 aromatic heterocycles. The maximum absolute atomic E-state index is 12.1. The summed E-state index contributed by atoms with van der Waals surface area (Å²) in [6.07, 6.45) is 0.711. The molecule has 1 heterocycles. The van der Waals surface area contributed by atoms with Crippen LogP contribution in [-0.2, 0) is 11.2 Å². The third-order valence-corrected chi connectivity index (χ3v) is 4.94. The van der Waals surface area contributed by atoms with Gasteiger partial charge in [-0.3, -0.25) is 4.79 Å². The fourth-order valence-electron chi connectivity index (χ4n) is 2.31. The van der Waals surface area contributed by atoms with Gasteiger partial charge in [0.05, 0.1) is 28.6 Å². The van der Waals surface area contributed by atoms with Crippen LogP contribution in [0.4, 0.5) is 11.4 Å². The zero-order valence-electron chi connectivity index (χ0n) is 12.8. The predicted octanol–water partition coefficient (Wildman–Crippen LogP) is 4.96. The molecule has 0 spiro atoms. The number of thioether (sulfide) groups is 1. The van der Waals surface area contributed by atoms with Crippen LogP contribution in [0.15, 0.2) is 41.4 Å². The van der Waals surface area contributed by atoms with Gasteiger partial charge in [-0.2, -0.15) is 0 Å². The second-order valence-electron chi connectivity index (χ2n) is 5.14. The van der Waals surface area contributed by atoms with Crippen molar-refractivity contribution in [1.82, 2.24) is 0 Å². The summed E-state index contributed by atoms with van der Waals surface area (Å²) in [7, 11) is 1.55. The zero-order chi connectivity index (χ0) is 17.1. The maximum Gasteiger partial charge on any atom is 0.234 e. The Bertz CT molecular complexity index is 824. The van der Waals surface area contributed by atoms with E-state index in [0.29, 0.717) is 27.9 Å². The van der Waals surface area contributed by atoms with Crippen molar-refractivity contribution in [2.45, 2.75) is 6.42 Å². The molecule has 2 aromatic rings. The second kappa shape index (κ2) is 7.47. The van der Waals surface area contributed by atoms with Crippen molar-refractivity contribution in [2.24, 2.45) is 4.99 Å². The number of nitrogens with zero attached hydrogens (tertiary/aromatic N) is 1. The van der Waals surface area contributed by atoms with E-state index in [4.69, 9.17) is 27.9 Å². The molecule has 0 radical (unpaired) electrons. The molecule has 4 nitrogen and oxygen atoms in total. The molecule has 0 aliphatic carbocycles. The number of ether oxygens (including phenoxy) is 1. The highest BCUT2D eigenvalue weighted by molar-refractivity contribution is 8.14. The van der Waals surface area contributed by atoms with E-state index in [2.05, 4.69) is 10.3 Å². The summed E-state index contributed by atoms with van der Waals surface area (Å²) in [4.78, 5) is 16.6. The Hall–Kier alpha value is -1.69. The number of nitrogens with one attached hydrogen (secondary N) is 1. The van der Waals surface area contributed by atoms with Crippen molar-refractivity contribution in [2.75, 3.05) is 18.2 Å². The van der Waals surface area contributed by atoms with E-state index >= 15 is 0 Å². The van der Waals surface area contributed by atoms with Gasteiger partial charge >= 0.3 is 0 Å². The Morgan fingerprint density at radius 2 is 2.12 bits per heavy atom. The van der Waals surface area contributed by atoms with Crippen molar-refractivity contribution in [1.29, 1.82) is 0 Å². The molecule has 7 heteroatoms. The smallest absolute Gasteiger partial charge is 0.234 e. The normalized spacial score (nSPS) is 12.5. The van der Waals surface area contributed by atoms with Crippen LogP contribution in [-0.4, -0.2) is 23.8 Å². The average Bonchev–Trinajstić information content (AvgIpc) is 2.95. The van der Waals surface area contributed by atoms with Crippen LogP contribution in [0.1, 0.15) is 5.56 Å². The summed E-state index contributed by atoms with van der Waals surface area (Å²) in [5, 5.41) is 4.88. The molecule has 2 aromatic carbocycles. The number of halogens is 2. The second-order valence-corrected chi connectivity index (χ2v) is 7.03. The van der Waals surface area contributed by atoms with Crippen molar-refractivity contribution in [3.05, 3.63) is 52.0 Å². The zero-order valence-corrected chi connectivity index (χ0v) is 15.1. The van der Waals surface area contributed by atoms with Crippen molar-refractivity contribution in [3.63, 3.8) is 0 Å². The Balaban J connectivity index is 1.54. The van der Waals surface area contributed by atoms with Gasteiger partial charge in [0.1, 0.15) is 5.75 Å². The van der Waals surface area contributed by atoms with Gasteiger partial charge in [-0.1, -0.05) is 23.2 Å². The van der Waals surface area contributed by atoms with Crippen LogP contribution in [0.25, 0.3) is 0 Å². The van der Waals surface area contributed by atoms with Crippen molar-refractivity contribution in [3.8, 4) is 5.75 Å². The number of carbonyl (C=O) groups is 1. The number of hydrogen-bond donors (Lipinski definition) is 1. The minimum absolute atomic E-state index is 0.113. The van der Waals surface area contributed by atoms with Crippen molar-refractivity contribution >= 4 is 57.3 Å². The molecule has 0 saturated carbocycles. The molecule has 0 unspecified atom stereocenters. The Labute approximate surface area is 154 Å². The number of benzene rings is 2. The number of amides is 1. The number of carbonyl (C=O) groups excluding carboxylic acids is 1. The molecule has 124 valence electrons. The summed E-state index contributed by atoms with van der Waals surface area (Å²) >= 11 is 13.5. The molecule has 0 bridgehead atoms. The van der Waals surface area contributed by atoms with Crippen LogP contribution in [0.2, 0.25) is 10.0 Å². The molecule has 0 fully saturated rings. The molecular formula is C17H14Cl2N2O2S. The molecule has 3 rings (SSSR count). The minimum atomic E-state index is -0.113. The van der Waals surface area contributed by atoms with Gasteiger partial charge < -0.3 is 10.1 Å². The van der Waals surface area contributed by atoms with E-state index in [1.54, 1.807) is 25.3 Å². The lowest BCUT2D eigenvalue weighted by Gasteiger charge is -2.08. The van der Waals surface area contributed by atoms with Gasteiger partial charge in [0.2, 0.25) is 5.91 Å². The Morgan fingerprint density at radius 3 is 2.88 bits per heavy atom. The summed E-state index contributed by atoms with van der Waals surface area (Å²) in [6, 6.07) is 10.7. The van der Waals surface area contributed by atoms with Crippen LogP contribution in [0.3, 0.4) is 0 Å². The first kappa shape index (κ1) is 17.1. The highest BCUT2D eigenvalue weighted by Gasteiger charge is 2.16. The number of anilines is 1. The lowest BCUT2D eigenvalue weighted by molar-refractivity contribution is -0.113. The first-order valence-electron chi connectivity index (χ1n) is 7.17. The van der Waals surface area contributed by atoms with Gasteiger partial charge in [0.15, 0.2) is 0 Å². The molecule has 1 aliphatic heterocycles. The lowest BCUT2D eigenvalue weighted by Crippen LogP contribution is -2.15. The highest BCUT2D eigenvalue weighted by atomic mass is 35.5. The molecule has 0 saturated heterocycles. The van der Waals surface area contributed by atoms with E-state index in [0.717, 1.165) is 16.3 Å². The number of hydrogen-bond acceptors (Lipinski definition) is 4. The van der Waals surface area contributed by atoms with Gasteiger partial charge in [-0.25, -0.2) is 4.99 Å². The van der Waals surface area contributed by atoms with Gasteiger partial charge in [-0.05, 0) is 42.0 Å². The summed E-state index contributed by atoms with van der Waals surface area (Å²) < 4.78 is 5.09. The van der Waals surface area contributed by atoms with Crippen LogP contribution in [0, 0.1) is 0 Å². The standard InChI is InChI=1S/C17H14Cl2N2O2S/c1-23-15-5-3-12(8-13(15)19)20-16(22)9-24-17-7-10-6-11(18)2-4-14(10)21-17/h2-6,8H,7,9H2,1H3,(H,20,22). The van der Waals surface area contributed by atoms with Crippen molar-refractivity contribution < 1.29 is 9.53 Å². The van der Waals surface area contributed by atoms with Gasteiger partial charge in [0, 0.05) is 17.1 Å². The fraction of sp³-hybridized carbons (Fsp3) is 0.176. The van der Waals surface area contributed by atoms with E-state index in [9.17, 15) is 4.79 Å².